The number of hydrogen-bond acceptors (Lipinski definition) is 1. The molecule has 0 spiro atoms. The van der Waals surface area contributed by atoms with Crippen LogP contribution < -0.4 is 5.32 Å². The summed E-state index contributed by atoms with van der Waals surface area (Å²) in [6, 6.07) is 11.6. The van der Waals surface area contributed by atoms with E-state index in [1.807, 2.05) is 31.2 Å². The summed E-state index contributed by atoms with van der Waals surface area (Å²) in [5.41, 5.74) is 2.87. The second-order valence-corrected chi connectivity index (χ2v) is 4.81. The Morgan fingerprint density at radius 1 is 0.950 bits per heavy atom. The average molecular weight is 279 g/mol. The summed E-state index contributed by atoms with van der Waals surface area (Å²) < 4.78 is 38.1. The Morgan fingerprint density at radius 2 is 1.65 bits per heavy atom. The average Bonchev–Trinajstić information content (AvgIpc) is 2.38. The highest BCUT2D eigenvalue weighted by atomic mass is 19.4. The first-order valence-electron chi connectivity index (χ1n) is 6.34. The third kappa shape index (κ3) is 3.32. The monoisotopic (exact) mass is 279 g/mol. The van der Waals surface area contributed by atoms with Crippen LogP contribution in [0.15, 0.2) is 42.5 Å². The Kier molecular flexibility index (Phi) is 4.02. The van der Waals surface area contributed by atoms with Crippen molar-refractivity contribution < 1.29 is 13.2 Å². The lowest BCUT2D eigenvalue weighted by atomic mass is 10.1. The van der Waals surface area contributed by atoms with Crippen molar-refractivity contribution in [1.29, 1.82) is 0 Å². The van der Waals surface area contributed by atoms with E-state index in [1.165, 1.54) is 6.07 Å². The van der Waals surface area contributed by atoms with Gasteiger partial charge in [0.2, 0.25) is 0 Å². The molecular weight excluding hydrogens is 263 g/mol. The van der Waals surface area contributed by atoms with Gasteiger partial charge in [-0.25, -0.2) is 0 Å². The highest BCUT2D eigenvalue weighted by Gasteiger charge is 2.30. The van der Waals surface area contributed by atoms with Crippen LogP contribution in [0.5, 0.6) is 0 Å². The first-order chi connectivity index (χ1) is 9.38. The molecular formula is C16H16F3N. The summed E-state index contributed by atoms with van der Waals surface area (Å²) in [5, 5.41) is 3.08. The lowest BCUT2D eigenvalue weighted by Crippen LogP contribution is -2.08. The third-order valence-electron chi connectivity index (χ3n) is 3.30. The van der Waals surface area contributed by atoms with Crippen molar-refractivity contribution >= 4 is 5.69 Å². The van der Waals surface area contributed by atoms with Gasteiger partial charge in [0.25, 0.3) is 0 Å². The van der Waals surface area contributed by atoms with E-state index in [1.54, 1.807) is 6.92 Å². The van der Waals surface area contributed by atoms with Crippen LogP contribution in [0.1, 0.15) is 22.3 Å². The van der Waals surface area contributed by atoms with Gasteiger partial charge >= 0.3 is 6.18 Å². The maximum absolute atomic E-state index is 12.7. The van der Waals surface area contributed by atoms with Crippen molar-refractivity contribution in [2.24, 2.45) is 0 Å². The number of alkyl halides is 3. The number of anilines is 1. The molecule has 0 unspecified atom stereocenters. The lowest BCUT2D eigenvalue weighted by Gasteiger charge is -2.14. The van der Waals surface area contributed by atoms with Gasteiger partial charge in [0.15, 0.2) is 0 Å². The second-order valence-electron chi connectivity index (χ2n) is 4.81. The zero-order valence-corrected chi connectivity index (χ0v) is 11.4. The molecule has 4 heteroatoms. The fourth-order valence-electron chi connectivity index (χ4n) is 1.99. The second kappa shape index (κ2) is 5.57. The van der Waals surface area contributed by atoms with Gasteiger partial charge < -0.3 is 5.32 Å². The van der Waals surface area contributed by atoms with Crippen LogP contribution in [0.2, 0.25) is 0 Å². The van der Waals surface area contributed by atoms with E-state index >= 15 is 0 Å². The molecule has 0 atom stereocenters. The minimum atomic E-state index is -4.31. The van der Waals surface area contributed by atoms with Crippen molar-refractivity contribution in [3.05, 3.63) is 64.7 Å². The molecule has 0 saturated heterocycles. The molecule has 0 heterocycles. The van der Waals surface area contributed by atoms with Crippen molar-refractivity contribution in [3.8, 4) is 0 Å². The summed E-state index contributed by atoms with van der Waals surface area (Å²) in [4.78, 5) is 0. The number of hydrogen-bond donors (Lipinski definition) is 1. The van der Waals surface area contributed by atoms with E-state index in [-0.39, 0.29) is 0 Å². The first-order valence-corrected chi connectivity index (χ1v) is 6.34. The molecule has 0 radical (unpaired) electrons. The molecule has 0 amide bonds. The largest absolute Gasteiger partial charge is 0.416 e. The van der Waals surface area contributed by atoms with Crippen molar-refractivity contribution in [2.75, 3.05) is 5.32 Å². The molecule has 1 nitrogen and oxygen atoms in total. The van der Waals surface area contributed by atoms with Crippen molar-refractivity contribution in [3.63, 3.8) is 0 Å². The number of aryl methyl sites for hydroxylation is 2. The topological polar surface area (TPSA) is 12.0 Å². The summed E-state index contributed by atoms with van der Waals surface area (Å²) in [5.74, 6) is 0. The van der Waals surface area contributed by atoms with E-state index in [2.05, 4.69) is 5.32 Å². The molecule has 20 heavy (non-hydrogen) atoms. The molecule has 2 aromatic rings. The molecule has 2 aromatic carbocycles. The van der Waals surface area contributed by atoms with Crippen LogP contribution in [0, 0.1) is 13.8 Å². The minimum Gasteiger partial charge on any atom is -0.381 e. The SMILES string of the molecule is Cc1ccccc1CNc1cc(C(F)(F)F)ccc1C. The molecule has 0 aliphatic rings. The zero-order chi connectivity index (χ0) is 14.8. The maximum atomic E-state index is 12.7. The van der Waals surface area contributed by atoms with Crippen molar-refractivity contribution in [2.45, 2.75) is 26.6 Å². The summed E-state index contributed by atoms with van der Waals surface area (Å²) in [6.45, 7) is 4.28. The lowest BCUT2D eigenvalue weighted by molar-refractivity contribution is -0.137. The molecule has 106 valence electrons. The molecule has 0 aliphatic carbocycles. The number of halogens is 3. The van der Waals surface area contributed by atoms with Gasteiger partial charge in [0.05, 0.1) is 5.56 Å². The van der Waals surface area contributed by atoms with Gasteiger partial charge in [-0.3, -0.25) is 0 Å². The summed E-state index contributed by atoms with van der Waals surface area (Å²) in [6.07, 6.45) is -4.31. The molecule has 0 aliphatic heterocycles. The summed E-state index contributed by atoms with van der Waals surface area (Å²) >= 11 is 0. The fraction of sp³-hybridized carbons (Fsp3) is 0.250. The quantitative estimate of drug-likeness (QED) is 0.839. The van der Waals surface area contributed by atoms with Gasteiger partial charge in [-0.15, -0.1) is 0 Å². The van der Waals surface area contributed by atoms with E-state index in [4.69, 9.17) is 0 Å². The predicted molar refractivity (Wildman–Crippen MR) is 74.7 cm³/mol. The van der Waals surface area contributed by atoms with Gasteiger partial charge in [0.1, 0.15) is 0 Å². The van der Waals surface area contributed by atoms with Crippen LogP contribution in [-0.4, -0.2) is 0 Å². The van der Waals surface area contributed by atoms with Crippen LogP contribution in [-0.2, 0) is 12.7 Å². The molecule has 0 bridgehead atoms. The molecule has 0 fully saturated rings. The molecule has 0 saturated carbocycles. The standard InChI is InChI=1S/C16H16F3N/c1-11-5-3-4-6-13(11)10-20-15-9-14(16(17,18)19)8-7-12(15)2/h3-9,20H,10H2,1-2H3. The Hall–Kier alpha value is -1.97. The normalized spacial score (nSPS) is 11.4. The van der Waals surface area contributed by atoms with Gasteiger partial charge in [-0.05, 0) is 42.7 Å². The minimum absolute atomic E-state index is 0.509. The zero-order valence-electron chi connectivity index (χ0n) is 11.4. The summed E-state index contributed by atoms with van der Waals surface area (Å²) in [7, 11) is 0. The maximum Gasteiger partial charge on any atom is 0.416 e. The Bertz CT molecular complexity index is 603. The Balaban J connectivity index is 2.19. The Labute approximate surface area is 116 Å². The van der Waals surface area contributed by atoms with Crippen molar-refractivity contribution in [1.82, 2.24) is 0 Å². The molecule has 0 aromatic heterocycles. The molecule has 1 N–H and O–H groups in total. The number of nitrogens with one attached hydrogen (secondary N) is 1. The van der Waals surface area contributed by atoms with E-state index in [0.29, 0.717) is 12.2 Å². The van der Waals surface area contributed by atoms with Crippen LogP contribution in [0.3, 0.4) is 0 Å². The van der Waals surface area contributed by atoms with Gasteiger partial charge in [0, 0.05) is 12.2 Å². The number of benzene rings is 2. The Morgan fingerprint density at radius 3 is 2.30 bits per heavy atom. The van der Waals surface area contributed by atoms with Gasteiger partial charge in [-0.1, -0.05) is 30.3 Å². The molecule has 2 rings (SSSR count). The van der Waals surface area contributed by atoms with Crippen LogP contribution >= 0.6 is 0 Å². The van der Waals surface area contributed by atoms with Crippen LogP contribution in [0.25, 0.3) is 0 Å². The van der Waals surface area contributed by atoms with E-state index < -0.39 is 11.7 Å². The smallest absolute Gasteiger partial charge is 0.381 e. The number of rotatable bonds is 3. The highest BCUT2D eigenvalue weighted by molar-refractivity contribution is 5.53. The van der Waals surface area contributed by atoms with E-state index in [0.717, 1.165) is 28.8 Å². The highest BCUT2D eigenvalue weighted by Crippen LogP contribution is 2.32. The van der Waals surface area contributed by atoms with Crippen LogP contribution in [0.4, 0.5) is 18.9 Å². The predicted octanol–water partition coefficient (Wildman–Crippen LogP) is 4.93. The first kappa shape index (κ1) is 14.4. The fourth-order valence-corrected chi connectivity index (χ4v) is 1.99. The van der Waals surface area contributed by atoms with E-state index in [9.17, 15) is 13.2 Å². The van der Waals surface area contributed by atoms with Gasteiger partial charge in [-0.2, -0.15) is 13.2 Å². The third-order valence-corrected chi connectivity index (χ3v) is 3.30.